The Morgan fingerprint density at radius 1 is 1.06 bits per heavy atom. The van der Waals surface area contributed by atoms with Crippen LogP contribution in [-0.4, -0.2) is 28.1 Å². The smallest absolute Gasteiger partial charge is 0.393 e. The van der Waals surface area contributed by atoms with Crippen LogP contribution in [0.2, 0.25) is 0 Å². The summed E-state index contributed by atoms with van der Waals surface area (Å²) in [4.78, 5) is 0. The number of rotatable bonds is 5. The maximum atomic E-state index is 13.5. The Hall–Kier alpha value is -0.550. The quantitative estimate of drug-likeness (QED) is 0.435. The molecule has 0 aromatic carbocycles. The molecule has 0 aromatic heterocycles. The third-order valence-electron chi connectivity index (χ3n) is 10.7. The SMILES string of the molecule is CC(C)[C@@H](O)CCC[C@@H]1CC[C@H]2[C@@H]3CC=C4C[C@](O)(C(F)(F)F)CC[C@]4(C)[C@H]3CC[C@]12C. The lowest BCUT2D eigenvalue weighted by Crippen LogP contribution is -2.55. The summed E-state index contributed by atoms with van der Waals surface area (Å²) in [5, 5.41) is 20.5. The Bertz CT molecular complexity index is 731. The molecule has 32 heavy (non-hydrogen) atoms. The molecule has 3 fully saturated rings. The van der Waals surface area contributed by atoms with Gasteiger partial charge in [0.25, 0.3) is 0 Å². The number of fused-ring (bicyclic) bond motifs is 5. The molecule has 8 atom stereocenters. The summed E-state index contributed by atoms with van der Waals surface area (Å²) in [5.41, 5.74) is -1.55. The monoisotopic (exact) mass is 456 g/mol. The van der Waals surface area contributed by atoms with Crippen LogP contribution in [-0.2, 0) is 0 Å². The molecule has 0 bridgehead atoms. The molecule has 2 nitrogen and oxygen atoms in total. The van der Waals surface area contributed by atoms with Gasteiger partial charge in [-0.2, -0.15) is 13.2 Å². The van der Waals surface area contributed by atoms with Gasteiger partial charge >= 0.3 is 6.18 Å². The van der Waals surface area contributed by atoms with Crippen molar-refractivity contribution in [3.8, 4) is 0 Å². The fourth-order valence-electron chi connectivity index (χ4n) is 8.38. The molecule has 0 amide bonds. The van der Waals surface area contributed by atoms with Gasteiger partial charge in [-0.3, -0.25) is 0 Å². The zero-order valence-corrected chi connectivity index (χ0v) is 20.3. The van der Waals surface area contributed by atoms with Crippen LogP contribution in [0.5, 0.6) is 0 Å². The standard InChI is InChI=1S/C27H43F3O2/c1-17(2)23(31)7-5-6-18-9-11-21-20-10-8-19-16-26(32,27(28,29)30)15-14-25(19,4)22(20)12-13-24(18,21)3/h8,17-18,20-23,31-32H,5-7,9-16H2,1-4H3/t18-,20+,21+,22+,23+,24-,25+,26+/m1/s1. The van der Waals surface area contributed by atoms with E-state index in [0.717, 1.165) is 31.3 Å². The molecule has 4 aliphatic carbocycles. The van der Waals surface area contributed by atoms with E-state index in [2.05, 4.69) is 33.8 Å². The average molecular weight is 457 g/mol. The minimum Gasteiger partial charge on any atom is -0.393 e. The number of allylic oxidation sites excluding steroid dienone is 1. The number of hydrogen-bond donors (Lipinski definition) is 2. The van der Waals surface area contributed by atoms with Crippen molar-refractivity contribution in [2.45, 2.75) is 116 Å². The van der Waals surface area contributed by atoms with Gasteiger partial charge in [0.1, 0.15) is 0 Å². The van der Waals surface area contributed by atoms with E-state index in [1.807, 2.05) is 0 Å². The minimum absolute atomic E-state index is 0.170. The Balaban J connectivity index is 1.47. The molecule has 0 unspecified atom stereocenters. The maximum Gasteiger partial charge on any atom is 0.417 e. The van der Waals surface area contributed by atoms with Crippen molar-refractivity contribution in [1.29, 1.82) is 0 Å². The van der Waals surface area contributed by atoms with Crippen LogP contribution in [0.3, 0.4) is 0 Å². The van der Waals surface area contributed by atoms with Crippen molar-refractivity contribution in [1.82, 2.24) is 0 Å². The van der Waals surface area contributed by atoms with Crippen LogP contribution in [0.4, 0.5) is 13.2 Å². The first kappa shape index (κ1) is 24.6. The predicted octanol–water partition coefficient (Wildman–Crippen LogP) is 7.05. The lowest BCUT2D eigenvalue weighted by molar-refractivity contribution is -0.271. The van der Waals surface area contributed by atoms with Crippen molar-refractivity contribution in [3.05, 3.63) is 11.6 Å². The Labute approximate surface area is 192 Å². The second-order valence-corrected chi connectivity index (χ2v) is 12.5. The van der Waals surface area contributed by atoms with Crippen LogP contribution in [0, 0.1) is 40.4 Å². The van der Waals surface area contributed by atoms with Gasteiger partial charge in [-0.15, -0.1) is 0 Å². The van der Waals surface area contributed by atoms with Crippen LogP contribution >= 0.6 is 0 Å². The summed E-state index contributed by atoms with van der Waals surface area (Å²) in [6.45, 7) is 8.82. The third kappa shape index (κ3) is 3.87. The summed E-state index contributed by atoms with van der Waals surface area (Å²) < 4.78 is 40.5. The van der Waals surface area contributed by atoms with Gasteiger partial charge in [-0.1, -0.05) is 45.8 Å². The lowest BCUT2D eigenvalue weighted by atomic mass is 9.46. The molecule has 2 N–H and O–H groups in total. The number of aliphatic hydroxyl groups is 2. The fourth-order valence-corrected chi connectivity index (χ4v) is 8.38. The molecular weight excluding hydrogens is 413 g/mol. The van der Waals surface area contributed by atoms with Crippen LogP contribution in [0.1, 0.15) is 98.3 Å². The van der Waals surface area contributed by atoms with Gasteiger partial charge in [-0.25, -0.2) is 0 Å². The molecule has 0 aliphatic heterocycles. The van der Waals surface area contributed by atoms with Crippen molar-refractivity contribution >= 4 is 0 Å². The zero-order valence-electron chi connectivity index (χ0n) is 20.3. The van der Waals surface area contributed by atoms with Crippen molar-refractivity contribution in [2.24, 2.45) is 40.4 Å². The highest BCUT2D eigenvalue weighted by atomic mass is 19.4. The number of alkyl halides is 3. The van der Waals surface area contributed by atoms with Crippen molar-refractivity contribution < 1.29 is 23.4 Å². The van der Waals surface area contributed by atoms with Crippen LogP contribution < -0.4 is 0 Å². The molecule has 0 heterocycles. The largest absolute Gasteiger partial charge is 0.417 e. The zero-order chi connectivity index (χ0) is 23.5. The fraction of sp³-hybridized carbons (Fsp3) is 0.926. The first-order chi connectivity index (χ1) is 14.8. The molecule has 0 spiro atoms. The van der Waals surface area contributed by atoms with E-state index < -0.39 is 11.8 Å². The number of halogens is 3. The van der Waals surface area contributed by atoms with E-state index >= 15 is 0 Å². The summed E-state index contributed by atoms with van der Waals surface area (Å²) in [6, 6.07) is 0. The first-order valence-electron chi connectivity index (χ1n) is 13.0. The van der Waals surface area contributed by atoms with Gasteiger partial charge in [0.2, 0.25) is 0 Å². The summed E-state index contributed by atoms with van der Waals surface area (Å²) in [6.07, 6.45) is 6.14. The molecule has 184 valence electrons. The predicted molar refractivity (Wildman–Crippen MR) is 121 cm³/mol. The Morgan fingerprint density at radius 3 is 2.44 bits per heavy atom. The molecular formula is C27H43F3O2. The highest BCUT2D eigenvalue weighted by Crippen LogP contribution is 2.67. The molecule has 0 aromatic rings. The van der Waals surface area contributed by atoms with E-state index in [1.165, 1.54) is 25.7 Å². The van der Waals surface area contributed by atoms with Gasteiger partial charge in [0, 0.05) is 6.42 Å². The molecule has 5 heteroatoms. The van der Waals surface area contributed by atoms with E-state index in [1.54, 1.807) is 0 Å². The van der Waals surface area contributed by atoms with E-state index in [4.69, 9.17) is 0 Å². The van der Waals surface area contributed by atoms with Gasteiger partial charge in [-0.05, 0) is 98.2 Å². The second-order valence-electron chi connectivity index (χ2n) is 12.5. The lowest BCUT2D eigenvalue weighted by Gasteiger charge is -2.59. The molecule has 4 aliphatic rings. The van der Waals surface area contributed by atoms with Crippen LogP contribution in [0.15, 0.2) is 11.6 Å². The third-order valence-corrected chi connectivity index (χ3v) is 10.7. The minimum atomic E-state index is -4.56. The Kier molecular flexibility index (Phi) is 6.36. The summed E-state index contributed by atoms with van der Waals surface area (Å²) in [7, 11) is 0. The molecule has 0 radical (unpaired) electrons. The number of aliphatic hydroxyl groups excluding tert-OH is 1. The Morgan fingerprint density at radius 2 is 1.78 bits per heavy atom. The normalized spacial score (nSPS) is 45.1. The van der Waals surface area contributed by atoms with Crippen molar-refractivity contribution in [2.75, 3.05) is 0 Å². The van der Waals surface area contributed by atoms with Crippen molar-refractivity contribution in [3.63, 3.8) is 0 Å². The van der Waals surface area contributed by atoms with E-state index in [9.17, 15) is 23.4 Å². The topological polar surface area (TPSA) is 40.5 Å². The van der Waals surface area contributed by atoms with E-state index in [0.29, 0.717) is 41.4 Å². The highest BCUT2D eigenvalue weighted by Gasteiger charge is 2.63. The maximum absolute atomic E-state index is 13.5. The average Bonchev–Trinajstić information content (AvgIpc) is 3.04. The molecule has 3 saturated carbocycles. The summed E-state index contributed by atoms with van der Waals surface area (Å²) >= 11 is 0. The molecule has 4 rings (SSSR count). The number of hydrogen-bond acceptors (Lipinski definition) is 2. The van der Waals surface area contributed by atoms with Gasteiger partial charge < -0.3 is 10.2 Å². The van der Waals surface area contributed by atoms with E-state index in [-0.39, 0.29) is 24.4 Å². The highest BCUT2D eigenvalue weighted by molar-refractivity contribution is 5.27. The second kappa shape index (κ2) is 8.29. The summed E-state index contributed by atoms with van der Waals surface area (Å²) in [5.74, 6) is 2.67. The van der Waals surface area contributed by atoms with Crippen LogP contribution in [0.25, 0.3) is 0 Å². The first-order valence-corrected chi connectivity index (χ1v) is 13.0. The van der Waals surface area contributed by atoms with Gasteiger partial charge in [0.05, 0.1) is 6.10 Å². The molecule has 0 saturated heterocycles. The van der Waals surface area contributed by atoms with Gasteiger partial charge in [0.15, 0.2) is 5.60 Å².